The molecule has 0 amide bonds. The Bertz CT molecular complexity index is 1060. The summed E-state index contributed by atoms with van der Waals surface area (Å²) in [6, 6.07) is 12.7. The number of nitrogens with zero attached hydrogens (tertiary/aromatic N) is 2. The van der Waals surface area contributed by atoms with Gasteiger partial charge in [0.25, 0.3) is 0 Å². The number of benzene rings is 2. The normalized spacial score (nSPS) is 11.9. The lowest BCUT2D eigenvalue weighted by Gasteiger charge is -2.19. The van der Waals surface area contributed by atoms with Crippen LogP contribution in [-0.4, -0.2) is 36.8 Å². The summed E-state index contributed by atoms with van der Waals surface area (Å²) in [6.07, 6.45) is 0. The van der Waals surface area contributed by atoms with Gasteiger partial charge >= 0.3 is 11.7 Å². The molecule has 3 rings (SSSR count). The fourth-order valence-corrected chi connectivity index (χ4v) is 3.25. The largest absolute Gasteiger partial charge is 0.493 e. The summed E-state index contributed by atoms with van der Waals surface area (Å²) >= 11 is 0. The number of aryl methyl sites for hydroxylation is 1. The smallest absolute Gasteiger partial charge is 0.348 e. The van der Waals surface area contributed by atoms with E-state index in [2.05, 4.69) is 4.98 Å². The van der Waals surface area contributed by atoms with Crippen molar-refractivity contribution in [2.75, 3.05) is 21.3 Å². The molecule has 146 valence electrons. The van der Waals surface area contributed by atoms with Crippen LogP contribution in [0.3, 0.4) is 0 Å². The maximum atomic E-state index is 12.7. The summed E-state index contributed by atoms with van der Waals surface area (Å²) in [5.41, 5.74) is 1.50. The lowest BCUT2D eigenvalue weighted by molar-refractivity contribution is -0.142. The first-order chi connectivity index (χ1) is 13.5. The van der Waals surface area contributed by atoms with Gasteiger partial charge in [0.05, 0.1) is 38.5 Å². The Morgan fingerprint density at radius 1 is 1.07 bits per heavy atom. The van der Waals surface area contributed by atoms with Gasteiger partial charge in [-0.25, -0.2) is 4.79 Å². The molecule has 1 aromatic heterocycles. The fraction of sp³-hybridized carbons (Fsp3) is 0.286. The number of methoxy groups -OCH3 is 3. The van der Waals surface area contributed by atoms with E-state index < -0.39 is 17.6 Å². The van der Waals surface area contributed by atoms with Crippen LogP contribution in [0.1, 0.15) is 17.2 Å². The van der Waals surface area contributed by atoms with E-state index in [1.165, 1.54) is 18.8 Å². The minimum Gasteiger partial charge on any atom is -0.493 e. The van der Waals surface area contributed by atoms with Gasteiger partial charge in [0, 0.05) is 18.0 Å². The van der Waals surface area contributed by atoms with Crippen LogP contribution in [0.2, 0.25) is 0 Å². The molecule has 2 aromatic carbocycles. The Morgan fingerprint density at radius 3 is 2.32 bits per heavy atom. The quantitative estimate of drug-likeness (QED) is 0.610. The van der Waals surface area contributed by atoms with E-state index in [1.54, 1.807) is 26.2 Å². The van der Waals surface area contributed by atoms with Crippen LogP contribution >= 0.6 is 0 Å². The molecule has 0 bridgehead atoms. The van der Waals surface area contributed by atoms with Crippen molar-refractivity contribution in [2.24, 2.45) is 0 Å². The number of carbonyl (C=O) groups excluding carboxylic acids is 1. The van der Waals surface area contributed by atoms with E-state index in [1.807, 2.05) is 30.3 Å². The lowest BCUT2D eigenvalue weighted by Crippen LogP contribution is -2.30. The van der Waals surface area contributed by atoms with Crippen LogP contribution in [-0.2, 0) is 16.1 Å². The number of fused-ring (bicyclic) bond motifs is 1. The van der Waals surface area contributed by atoms with Gasteiger partial charge in [-0.2, -0.15) is 4.98 Å². The standard InChI is InChI=1S/C21H22N2O5/c1-13-15-10-18(26-2)19(27-3)11-17(15)23(21(25)22-13)12-16(20(24)28-4)14-8-6-5-7-9-14/h5-11,16H,12H2,1-4H3. The molecule has 7 heteroatoms. The summed E-state index contributed by atoms with van der Waals surface area (Å²) in [5, 5.41) is 0.744. The Kier molecular flexibility index (Phi) is 5.63. The molecule has 0 aliphatic rings. The SMILES string of the molecule is COC(=O)C(Cn1c(=O)nc(C)c2cc(OC)c(OC)cc21)c1ccccc1. The molecule has 0 radical (unpaired) electrons. The number of esters is 1. The van der Waals surface area contributed by atoms with Gasteiger partial charge in [0.1, 0.15) is 0 Å². The van der Waals surface area contributed by atoms with Crippen LogP contribution < -0.4 is 15.2 Å². The molecule has 7 nitrogen and oxygen atoms in total. The predicted octanol–water partition coefficient (Wildman–Crippen LogP) is 2.68. The highest BCUT2D eigenvalue weighted by atomic mass is 16.5. The third-order valence-electron chi connectivity index (χ3n) is 4.73. The molecule has 0 N–H and O–H groups in total. The van der Waals surface area contributed by atoms with Gasteiger partial charge < -0.3 is 14.2 Å². The van der Waals surface area contributed by atoms with E-state index in [-0.39, 0.29) is 6.54 Å². The number of hydrogen-bond acceptors (Lipinski definition) is 6. The molecule has 0 aliphatic heterocycles. The molecule has 28 heavy (non-hydrogen) atoms. The maximum Gasteiger partial charge on any atom is 0.348 e. The molecule has 0 saturated carbocycles. The molecule has 0 fully saturated rings. The Balaban J connectivity index is 2.21. The predicted molar refractivity (Wildman–Crippen MR) is 105 cm³/mol. The number of aromatic nitrogens is 2. The fourth-order valence-electron chi connectivity index (χ4n) is 3.25. The number of ether oxygens (including phenoxy) is 3. The van der Waals surface area contributed by atoms with Crippen molar-refractivity contribution in [2.45, 2.75) is 19.4 Å². The van der Waals surface area contributed by atoms with Crippen LogP contribution in [0.25, 0.3) is 10.9 Å². The van der Waals surface area contributed by atoms with E-state index in [4.69, 9.17) is 14.2 Å². The van der Waals surface area contributed by atoms with Crippen molar-refractivity contribution in [3.63, 3.8) is 0 Å². The van der Waals surface area contributed by atoms with Gasteiger partial charge in [0.15, 0.2) is 11.5 Å². The molecular formula is C21H22N2O5. The van der Waals surface area contributed by atoms with Crippen molar-refractivity contribution >= 4 is 16.9 Å². The topological polar surface area (TPSA) is 79.7 Å². The summed E-state index contributed by atoms with van der Waals surface area (Å²) in [4.78, 5) is 29.3. The lowest BCUT2D eigenvalue weighted by atomic mass is 9.99. The maximum absolute atomic E-state index is 12.7. The zero-order chi connectivity index (χ0) is 20.3. The molecule has 1 atom stereocenters. The van der Waals surface area contributed by atoms with Gasteiger partial charge in [-0.1, -0.05) is 30.3 Å². The zero-order valence-electron chi connectivity index (χ0n) is 16.3. The first-order valence-corrected chi connectivity index (χ1v) is 8.76. The van der Waals surface area contributed by atoms with E-state index in [9.17, 15) is 9.59 Å². The van der Waals surface area contributed by atoms with Crippen LogP contribution in [0, 0.1) is 6.92 Å². The zero-order valence-corrected chi connectivity index (χ0v) is 16.3. The van der Waals surface area contributed by atoms with Crippen molar-refractivity contribution in [1.29, 1.82) is 0 Å². The van der Waals surface area contributed by atoms with Crippen molar-refractivity contribution in [3.05, 3.63) is 64.2 Å². The van der Waals surface area contributed by atoms with Gasteiger partial charge in [-0.05, 0) is 18.6 Å². The third-order valence-corrected chi connectivity index (χ3v) is 4.73. The van der Waals surface area contributed by atoms with Gasteiger partial charge in [0.2, 0.25) is 0 Å². The van der Waals surface area contributed by atoms with Crippen molar-refractivity contribution in [3.8, 4) is 11.5 Å². The highest BCUT2D eigenvalue weighted by Crippen LogP contribution is 2.33. The summed E-state index contributed by atoms with van der Waals surface area (Å²) in [7, 11) is 4.41. The third kappa shape index (κ3) is 3.55. The van der Waals surface area contributed by atoms with Gasteiger partial charge in [-0.15, -0.1) is 0 Å². The average molecular weight is 382 g/mol. The highest BCUT2D eigenvalue weighted by molar-refractivity contribution is 5.85. The second-order valence-electron chi connectivity index (χ2n) is 6.30. The molecular weight excluding hydrogens is 360 g/mol. The molecule has 0 spiro atoms. The Hall–Kier alpha value is -3.35. The first-order valence-electron chi connectivity index (χ1n) is 8.76. The molecule has 1 unspecified atom stereocenters. The highest BCUT2D eigenvalue weighted by Gasteiger charge is 2.24. The molecule has 0 saturated heterocycles. The molecule has 1 heterocycles. The molecule has 3 aromatic rings. The summed E-state index contributed by atoms with van der Waals surface area (Å²) in [5.74, 6) is -0.0437. The van der Waals surface area contributed by atoms with Crippen molar-refractivity contribution in [1.82, 2.24) is 9.55 Å². The Morgan fingerprint density at radius 2 is 1.71 bits per heavy atom. The number of rotatable bonds is 6. The summed E-state index contributed by atoms with van der Waals surface area (Å²) in [6.45, 7) is 1.85. The van der Waals surface area contributed by atoms with Crippen LogP contribution in [0.5, 0.6) is 11.5 Å². The second-order valence-corrected chi connectivity index (χ2v) is 6.30. The molecule has 0 aliphatic carbocycles. The minimum atomic E-state index is -0.648. The van der Waals surface area contributed by atoms with Crippen LogP contribution in [0.15, 0.2) is 47.3 Å². The van der Waals surface area contributed by atoms with E-state index >= 15 is 0 Å². The van der Waals surface area contributed by atoms with Crippen molar-refractivity contribution < 1.29 is 19.0 Å². The van der Waals surface area contributed by atoms with E-state index in [0.717, 1.165) is 10.9 Å². The average Bonchev–Trinajstić information content (AvgIpc) is 2.72. The number of carbonyl (C=O) groups is 1. The first kappa shape index (κ1) is 19.4. The number of hydrogen-bond donors (Lipinski definition) is 0. The minimum absolute atomic E-state index is 0.0920. The Labute approximate surface area is 162 Å². The second kappa shape index (κ2) is 8.12. The monoisotopic (exact) mass is 382 g/mol. The summed E-state index contributed by atoms with van der Waals surface area (Å²) < 4.78 is 17.2. The van der Waals surface area contributed by atoms with Gasteiger partial charge in [-0.3, -0.25) is 9.36 Å². The van der Waals surface area contributed by atoms with Crippen LogP contribution in [0.4, 0.5) is 0 Å². The van der Waals surface area contributed by atoms with E-state index in [0.29, 0.717) is 22.7 Å².